The first-order chi connectivity index (χ1) is 14.5. The van der Waals surface area contributed by atoms with Gasteiger partial charge in [0.1, 0.15) is 5.75 Å². The van der Waals surface area contributed by atoms with Gasteiger partial charge in [0.05, 0.1) is 22.6 Å². The lowest BCUT2D eigenvalue weighted by molar-refractivity contribution is -0.387. The molecule has 1 aromatic heterocycles. The van der Waals surface area contributed by atoms with Gasteiger partial charge in [0, 0.05) is 29.2 Å². The van der Waals surface area contributed by atoms with E-state index in [1.165, 1.54) is 29.2 Å². The Hall–Kier alpha value is -2.91. The fourth-order valence-corrected chi connectivity index (χ4v) is 5.37. The third-order valence-corrected chi connectivity index (χ3v) is 6.96. The van der Waals surface area contributed by atoms with Gasteiger partial charge in [-0.1, -0.05) is 23.9 Å². The van der Waals surface area contributed by atoms with E-state index in [1.54, 1.807) is 24.1 Å². The van der Waals surface area contributed by atoms with Crippen LogP contribution in [0.5, 0.6) is 5.75 Å². The highest BCUT2D eigenvalue weighted by molar-refractivity contribution is 8.01. The number of aromatic nitrogens is 1. The van der Waals surface area contributed by atoms with Crippen LogP contribution in [-0.4, -0.2) is 29.5 Å². The van der Waals surface area contributed by atoms with E-state index in [0.29, 0.717) is 17.2 Å². The number of aryl methyl sites for hydroxylation is 2. The van der Waals surface area contributed by atoms with Crippen molar-refractivity contribution in [3.8, 4) is 5.75 Å². The molecule has 30 heavy (non-hydrogen) atoms. The van der Waals surface area contributed by atoms with Crippen LogP contribution in [0.3, 0.4) is 0 Å². The van der Waals surface area contributed by atoms with Crippen LogP contribution in [0.4, 0.5) is 11.4 Å². The minimum atomic E-state index is -0.454. The smallest absolute Gasteiger partial charge is 0.284 e. The van der Waals surface area contributed by atoms with Gasteiger partial charge in [0.25, 0.3) is 11.6 Å². The average Bonchev–Trinajstić information content (AvgIpc) is 3.17. The molecule has 4 rings (SSSR count). The van der Waals surface area contributed by atoms with Gasteiger partial charge in [-0.2, -0.15) is 0 Å². The first kappa shape index (κ1) is 20.4. The molecule has 0 unspecified atom stereocenters. The van der Waals surface area contributed by atoms with E-state index in [2.05, 4.69) is 4.98 Å². The number of nitro groups is 1. The summed E-state index contributed by atoms with van der Waals surface area (Å²) in [6.07, 6.45) is 1.69. The Morgan fingerprint density at radius 2 is 2.17 bits per heavy atom. The molecule has 9 heteroatoms. The average molecular weight is 442 g/mol. The summed E-state index contributed by atoms with van der Waals surface area (Å²) in [5.74, 6) is 0.353. The highest BCUT2D eigenvalue weighted by atomic mass is 32.2. The molecule has 7 nitrogen and oxygen atoms in total. The maximum atomic E-state index is 13.3. The van der Waals surface area contributed by atoms with E-state index in [4.69, 9.17) is 4.74 Å². The summed E-state index contributed by atoms with van der Waals surface area (Å²) in [5.41, 5.74) is 2.83. The van der Waals surface area contributed by atoms with Crippen molar-refractivity contribution in [1.82, 2.24) is 4.98 Å². The molecule has 0 saturated carbocycles. The molecule has 1 aliphatic heterocycles. The molecular weight excluding hydrogens is 422 g/mol. The largest absolute Gasteiger partial charge is 0.495 e. The molecule has 0 fully saturated rings. The van der Waals surface area contributed by atoms with Crippen LogP contribution in [-0.2, 0) is 6.42 Å². The lowest BCUT2D eigenvalue weighted by Gasteiger charge is -2.31. The van der Waals surface area contributed by atoms with Crippen molar-refractivity contribution in [3.63, 3.8) is 0 Å². The second kappa shape index (κ2) is 8.45. The van der Waals surface area contributed by atoms with Crippen LogP contribution in [0.25, 0.3) is 0 Å². The van der Waals surface area contributed by atoms with Gasteiger partial charge in [-0.15, -0.1) is 11.3 Å². The summed E-state index contributed by atoms with van der Waals surface area (Å²) >= 11 is 2.67. The molecule has 0 bridgehead atoms. The number of carbonyl (C=O) groups is 1. The van der Waals surface area contributed by atoms with Crippen LogP contribution < -0.4 is 9.64 Å². The fraction of sp³-hybridized carbons (Fsp3) is 0.238. The quantitative estimate of drug-likeness (QED) is 0.404. The summed E-state index contributed by atoms with van der Waals surface area (Å²) in [5, 5.41) is 13.6. The Bertz CT molecular complexity index is 1110. The molecular formula is C21H19N3O4S2. The molecule has 0 saturated heterocycles. The molecule has 2 heterocycles. The second-order valence-electron chi connectivity index (χ2n) is 6.82. The van der Waals surface area contributed by atoms with Gasteiger partial charge >= 0.3 is 0 Å². The van der Waals surface area contributed by atoms with E-state index in [0.717, 1.165) is 34.1 Å². The van der Waals surface area contributed by atoms with E-state index in [-0.39, 0.29) is 17.2 Å². The summed E-state index contributed by atoms with van der Waals surface area (Å²) in [6, 6.07) is 10.3. The molecule has 0 radical (unpaired) electrons. The SMILES string of the molecule is COc1cccc2c1N(C(=O)c1ccc(Sc3nc(C)cs3)c([N+](=O)[O-])c1)CCC2. The Labute approximate surface area is 181 Å². The van der Waals surface area contributed by atoms with Gasteiger partial charge in [0.2, 0.25) is 0 Å². The molecule has 2 aromatic carbocycles. The normalized spacial score (nSPS) is 13.1. The van der Waals surface area contributed by atoms with Crippen LogP contribution in [0.2, 0.25) is 0 Å². The van der Waals surface area contributed by atoms with E-state index in [1.807, 2.05) is 30.5 Å². The maximum Gasteiger partial charge on any atom is 0.284 e. The predicted molar refractivity (Wildman–Crippen MR) is 117 cm³/mol. The topological polar surface area (TPSA) is 85.6 Å². The van der Waals surface area contributed by atoms with Crippen molar-refractivity contribution in [2.24, 2.45) is 0 Å². The number of ether oxygens (including phenoxy) is 1. The van der Waals surface area contributed by atoms with E-state index < -0.39 is 4.92 Å². The number of rotatable bonds is 5. The molecule has 3 aromatic rings. The summed E-state index contributed by atoms with van der Waals surface area (Å²) in [7, 11) is 1.57. The highest BCUT2D eigenvalue weighted by Gasteiger charge is 2.28. The molecule has 1 aliphatic rings. The van der Waals surface area contributed by atoms with Crippen LogP contribution in [0.15, 0.2) is 51.0 Å². The standard InChI is InChI=1S/C21H19N3O4S2/c1-13-12-29-21(22-13)30-18-9-8-15(11-16(18)24(26)27)20(25)23-10-4-6-14-5-3-7-17(28-2)19(14)23/h3,5,7-9,11-12H,4,6,10H2,1-2H3. The van der Waals surface area contributed by atoms with Crippen LogP contribution in [0, 0.1) is 17.0 Å². The fourth-order valence-electron chi connectivity index (χ4n) is 3.49. The monoisotopic (exact) mass is 441 g/mol. The predicted octanol–water partition coefficient (Wildman–Crippen LogP) is 5.11. The summed E-state index contributed by atoms with van der Waals surface area (Å²) in [6.45, 7) is 2.41. The van der Waals surface area contributed by atoms with E-state index >= 15 is 0 Å². The van der Waals surface area contributed by atoms with Crippen molar-refractivity contribution in [3.05, 3.63) is 68.7 Å². The minimum Gasteiger partial charge on any atom is -0.495 e. The number of benzene rings is 2. The Morgan fingerprint density at radius 3 is 2.87 bits per heavy atom. The van der Waals surface area contributed by atoms with Crippen molar-refractivity contribution < 1.29 is 14.5 Å². The Balaban J connectivity index is 1.69. The first-order valence-corrected chi connectivity index (χ1v) is 11.0. The number of methoxy groups -OCH3 is 1. The molecule has 0 spiro atoms. The van der Waals surface area contributed by atoms with Crippen molar-refractivity contribution in [1.29, 1.82) is 0 Å². The molecule has 1 amide bonds. The third kappa shape index (κ3) is 3.90. The van der Waals surface area contributed by atoms with Crippen molar-refractivity contribution in [2.45, 2.75) is 29.0 Å². The number of hydrogen-bond donors (Lipinski definition) is 0. The maximum absolute atomic E-state index is 13.3. The summed E-state index contributed by atoms with van der Waals surface area (Å²) in [4.78, 5) is 31.0. The lowest BCUT2D eigenvalue weighted by Crippen LogP contribution is -2.35. The van der Waals surface area contributed by atoms with Crippen molar-refractivity contribution in [2.75, 3.05) is 18.6 Å². The number of amides is 1. The zero-order chi connectivity index (χ0) is 21.3. The number of nitro benzene ring substituents is 1. The Kier molecular flexibility index (Phi) is 5.74. The number of carbonyl (C=O) groups excluding carboxylic acids is 1. The molecule has 0 N–H and O–H groups in total. The van der Waals surface area contributed by atoms with Crippen molar-refractivity contribution >= 4 is 40.4 Å². The van der Waals surface area contributed by atoms with Crippen LogP contribution >= 0.6 is 23.1 Å². The Morgan fingerprint density at radius 1 is 1.33 bits per heavy atom. The van der Waals surface area contributed by atoms with E-state index in [9.17, 15) is 14.9 Å². The second-order valence-corrected chi connectivity index (χ2v) is 8.97. The molecule has 0 atom stereocenters. The van der Waals surface area contributed by atoms with Gasteiger partial charge in [-0.05, 0) is 43.5 Å². The van der Waals surface area contributed by atoms with Gasteiger partial charge < -0.3 is 9.64 Å². The van der Waals surface area contributed by atoms with Gasteiger partial charge in [-0.25, -0.2) is 4.98 Å². The highest BCUT2D eigenvalue weighted by Crippen LogP contribution is 2.39. The zero-order valence-electron chi connectivity index (χ0n) is 16.5. The number of hydrogen-bond acceptors (Lipinski definition) is 7. The van der Waals surface area contributed by atoms with Gasteiger partial charge in [-0.3, -0.25) is 14.9 Å². The first-order valence-electron chi connectivity index (χ1n) is 9.34. The lowest BCUT2D eigenvalue weighted by atomic mass is 10.00. The zero-order valence-corrected chi connectivity index (χ0v) is 18.1. The number of anilines is 1. The minimum absolute atomic E-state index is 0.101. The van der Waals surface area contributed by atoms with Crippen LogP contribution in [0.1, 0.15) is 28.0 Å². The number of nitrogens with zero attached hydrogens (tertiary/aromatic N) is 3. The molecule has 154 valence electrons. The third-order valence-electron chi connectivity index (χ3n) is 4.84. The number of thiazole rings is 1. The van der Waals surface area contributed by atoms with Gasteiger partial charge in [0.15, 0.2) is 4.34 Å². The molecule has 0 aliphatic carbocycles. The number of fused-ring (bicyclic) bond motifs is 1. The summed E-state index contributed by atoms with van der Waals surface area (Å²) < 4.78 is 6.19. The number of para-hydroxylation sites is 1.